The Labute approximate surface area is 156 Å². The standard InChI is InChI=1S/C18H22N2O3S2/c21-9-15-10-24-12-19(15)18(23)16-11-25-13-20(16)17(22)8-4-7-14-5-2-1-3-6-14/h1-3,5-6,9,15-16H,4,7-8,10-13H2/t15-,16?/m1/s1. The zero-order valence-corrected chi connectivity index (χ0v) is 15.6. The third-order valence-corrected chi connectivity index (χ3v) is 6.60. The Bertz CT molecular complexity index is 626. The summed E-state index contributed by atoms with van der Waals surface area (Å²) < 4.78 is 0. The smallest absolute Gasteiger partial charge is 0.247 e. The zero-order chi connectivity index (χ0) is 17.6. The molecule has 0 aliphatic carbocycles. The lowest BCUT2D eigenvalue weighted by Crippen LogP contribution is -2.51. The quantitative estimate of drug-likeness (QED) is 0.709. The molecule has 0 aromatic heterocycles. The number of nitrogens with zero attached hydrogens (tertiary/aromatic N) is 2. The van der Waals surface area contributed by atoms with Crippen molar-refractivity contribution in [2.75, 3.05) is 23.3 Å². The molecule has 0 N–H and O–H groups in total. The first-order valence-electron chi connectivity index (χ1n) is 8.45. The molecule has 25 heavy (non-hydrogen) atoms. The third kappa shape index (κ3) is 4.39. The number of aldehydes is 1. The van der Waals surface area contributed by atoms with Crippen LogP contribution in [0.15, 0.2) is 30.3 Å². The summed E-state index contributed by atoms with van der Waals surface area (Å²) in [5.74, 6) is 2.33. The second-order valence-electron chi connectivity index (χ2n) is 6.23. The summed E-state index contributed by atoms with van der Waals surface area (Å²) in [6, 6.07) is 9.34. The van der Waals surface area contributed by atoms with E-state index in [9.17, 15) is 14.4 Å². The van der Waals surface area contributed by atoms with Crippen molar-refractivity contribution in [1.82, 2.24) is 9.80 Å². The molecule has 2 fully saturated rings. The average molecular weight is 379 g/mol. The Morgan fingerprint density at radius 3 is 2.56 bits per heavy atom. The van der Waals surface area contributed by atoms with E-state index in [-0.39, 0.29) is 17.9 Å². The molecule has 7 heteroatoms. The molecule has 134 valence electrons. The van der Waals surface area contributed by atoms with Gasteiger partial charge < -0.3 is 14.6 Å². The number of aryl methyl sites for hydroxylation is 1. The van der Waals surface area contributed by atoms with Crippen molar-refractivity contribution >= 4 is 41.6 Å². The summed E-state index contributed by atoms with van der Waals surface area (Å²) in [4.78, 5) is 39.8. The van der Waals surface area contributed by atoms with E-state index in [0.717, 1.165) is 19.1 Å². The first-order chi connectivity index (χ1) is 12.2. The highest BCUT2D eigenvalue weighted by atomic mass is 32.2. The minimum absolute atomic E-state index is 0.0359. The van der Waals surface area contributed by atoms with E-state index in [0.29, 0.717) is 29.7 Å². The van der Waals surface area contributed by atoms with Crippen LogP contribution in [0, 0.1) is 0 Å². The molecule has 2 atom stereocenters. The van der Waals surface area contributed by atoms with Crippen LogP contribution < -0.4 is 0 Å². The lowest BCUT2D eigenvalue weighted by Gasteiger charge is -2.28. The molecular formula is C18H22N2O3S2. The molecule has 2 aliphatic rings. The number of hydrogen-bond acceptors (Lipinski definition) is 5. The molecular weight excluding hydrogens is 356 g/mol. The fourth-order valence-corrected chi connectivity index (χ4v) is 5.41. The van der Waals surface area contributed by atoms with Crippen LogP contribution in [0.3, 0.4) is 0 Å². The molecule has 0 spiro atoms. The van der Waals surface area contributed by atoms with Crippen molar-refractivity contribution in [2.24, 2.45) is 0 Å². The fourth-order valence-electron chi connectivity index (χ4n) is 3.11. The lowest BCUT2D eigenvalue weighted by atomic mass is 10.1. The van der Waals surface area contributed by atoms with Crippen molar-refractivity contribution in [1.29, 1.82) is 0 Å². The highest BCUT2D eigenvalue weighted by Crippen LogP contribution is 2.27. The average Bonchev–Trinajstić information content (AvgIpc) is 3.31. The van der Waals surface area contributed by atoms with Gasteiger partial charge in [0.15, 0.2) is 0 Å². The molecule has 1 aromatic rings. The van der Waals surface area contributed by atoms with Crippen molar-refractivity contribution < 1.29 is 14.4 Å². The van der Waals surface area contributed by atoms with E-state index in [4.69, 9.17) is 0 Å². The van der Waals surface area contributed by atoms with Gasteiger partial charge in [0.05, 0.1) is 17.8 Å². The van der Waals surface area contributed by atoms with Gasteiger partial charge in [0.2, 0.25) is 11.8 Å². The van der Waals surface area contributed by atoms with Gasteiger partial charge in [0.25, 0.3) is 0 Å². The van der Waals surface area contributed by atoms with Gasteiger partial charge in [0, 0.05) is 17.9 Å². The Balaban J connectivity index is 1.54. The monoisotopic (exact) mass is 378 g/mol. The molecule has 2 heterocycles. The molecule has 2 saturated heterocycles. The maximum atomic E-state index is 12.8. The highest BCUT2D eigenvalue weighted by molar-refractivity contribution is 7.99. The molecule has 3 rings (SSSR count). The molecule has 0 bridgehead atoms. The molecule has 5 nitrogen and oxygen atoms in total. The van der Waals surface area contributed by atoms with Crippen LogP contribution in [0.25, 0.3) is 0 Å². The van der Waals surface area contributed by atoms with Crippen molar-refractivity contribution in [2.45, 2.75) is 31.3 Å². The summed E-state index contributed by atoms with van der Waals surface area (Å²) in [6.45, 7) is 0. The van der Waals surface area contributed by atoms with Crippen LogP contribution >= 0.6 is 23.5 Å². The van der Waals surface area contributed by atoms with E-state index in [2.05, 4.69) is 12.1 Å². The Morgan fingerprint density at radius 1 is 1.08 bits per heavy atom. The van der Waals surface area contributed by atoms with Crippen LogP contribution in [-0.4, -0.2) is 63.2 Å². The number of carbonyl (C=O) groups excluding carboxylic acids is 3. The predicted molar refractivity (Wildman–Crippen MR) is 101 cm³/mol. The van der Waals surface area contributed by atoms with Gasteiger partial charge in [-0.05, 0) is 18.4 Å². The van der Waals surface area contributed by atoms with Crippen LogP contribution in [0.1, 0.15) is 18.4 Å². The van der Waals surface area contributed by atoms with E-state index in [1.54, 1.807) is 33.3 Å². The van der Waals surface area contributed by atoms with E-state index in [1.165, 1.54) is 5.56 Å². The van der Waals surface area contributed by atoms with Gasteiger partial charge in [-0.15, -0.1) is 23.5 Å². The molecule has 2 amide bonds. The maximum Gasteiger partial charge on any atom is 0.247 e. The van der Waals surface area contributed by atoms with Crippen LogP contribution in [0.2, 0.25) is 0 Å². The Morgan fingerprint density at radius 2 is 1.80 bits per heavy atom. The second-order valence-corrected chi connectivity index (χ2v) is 8.23. The van der Waals surface area contributed by atoms with E-state index in [1.807, 2.05) is 18.2 Å². The fraction of sp³-hybridized carbons (Fsp3) is 0.500. The minimum atomic E-state index is -0.421. The Kier molecular flexibility index (Phi) is 6.42. The summed E-state index contributed by atoms with van der Waals surface area (Å²) in [5, 5.41) is 0. The van der Waals surface area contributed by atoms with E-state index >= 15 is 0 Å². The molecule has 2 aliphatic heterocycles. The topological polar surface area (TPSA) is 57.7 Å². The van der Waals surface area contributed by atoms with Crippen molar-refractivity contribution in [3.63, 3.8) is 0 Å². The summed E-state index contributed by atoms with van der Waals surface area (Å²) in [5.41, 5.74) is 1.22. The van der Waals surface area contributed by atoms with Gasteiger partial charge in [-0.1, -0.05) is 30.3 Å². The van der Waals surface area contributed by atoms with Crippen LogP contribution in [0.5, 0.6) is 0 Å². The second kappa shape index (κ2) is 8.76. The Hall–Kier alpha value is -1.47. The minimum Gasteiger partial charge on any atom is -0.321 e. The lowest BCUT2D eigenvalue weighted by molar-refractivity contribution is -0.144. The van der Waals surface area contributed by atoms with Gasteiger partial charge in [-0.25, -0.2) is 0 Å². The third-order valence-electron chi connectivity index (χ3n) is 4.55. The van der Waals surface area contributed by atoms with Crippen molar-refractivity contribution in [3.8, 4) is 0 Å². The zero-order valence-electron chi connectivity index (χ0n) is 14.0. The van der Waals surface area contributed by atoms with Gasteiger partial charge in [-0.2, -0.15) is 0 Å². The molecule has 0 radical (unpaired) electrons. The first-order valence-corrected chi connectivity index (χ1v) is 10.8. The molecule has 0 saturated carbocycles. The van der Waals surface area contributed by atoms with Gasteiger partial charge >= 0.3 is 0 Å². The molecule has 1 aromatic carbocycles. The number of rotatable bonds is 6. The van der Waals surface area contributed by atoms with Crippen molar-refractivity contribution in [3.05, 3.63) is 35.9 Å². The highest BCUT2D eigenvalue weighted by Gasteiger charge is 2.40. The van der Waals surface area contributed by atoms with Gasteiger partial charge in [-0.3, -0.25) is 9.59 Å². The first kappa shape index (κ1) is 18.3. The number of thioether (sulfide) groups is 2. The molecule has 1 unspecified atom stereocenters. The normalized spacial score (nSPS) is 23.0. The number of benzene rings is 1. The van der Waals surface area contributed by atoms with Crippen LogP contribution in [-0.2, 0) is 20.8 Å². The SMILES string of the molecule is O=C[C@@H]1CSCN1C(=O)C1CSCN1C(=O)CCCc1ccccc1. The summed E-state index contributed by atoms with van der Waals surface area (Å²) >= 11 is 3.19. The number of carbonyl (C=O) groups is 3. The number of amides is 2. The predicted octanol–water partition coefficient (Wildman–Crippen LogP) is 2.01. The largest absolute Gasteiger partial charge is 0.321 e. The summed E-state index contributed by atoms with van der Waals surface area (Å²) in [6.07, 6.45) is 2.93. The van der Waals surface area contributed by atoms with E-state index < -0.39 is 6.04 Å². The summed E-state index contributed by atoms with van der Waals surface area (Å²) in [7, 11) is 0. The van der Waals surface area contributed by atoms with Gasteiger partial charge in [0.1, 0.15) is 12.3 Å². The van der Waals surface area contributed by atoms with Crippen LogP contribution in [0.4, 0.5) is 0 Å². The maximum absolute atomic E-state index is 12.8. The number of hydrogen-bond donors (Lipinski definition) is 0.